The molecule has 0 aliphatic heterocycles. The van der Waals surface area contributed by atoms with Gasteiger partial charge in [-0.3, -0.25) is 0 Å². The fourth-order valence-electron chi connectivity index (χ4n) is 6.82. The van der Waals surface area contributed by atoms with E-state index in [1.807, 2.05) is 30.3 Å². The van der Waals surface area contributed by atoms with E-state index in [4.69, 9.17) is 0 Å². The maximum absolute atomic E-state index is 3.93. The third-order valence-electron chi connectivity index (χ3n) is 10.4. The standard InChI is InChI=1S/C35H37.C9H18.C5H5.2ClH.Zr/c1-22-13-9-11-15-26(22)30-18-24-17-25-19-31(27-16-12-10-14-23(27)2)33(35(6,7)8)21-29(25)28(24)20-32(30)34(3,4)5;1-5-8(3)7-9(4)6-2;1-2-4-5-3-1;;;/h9-16,18,20-21H,17H2,1-8H3;8-9H,5-6H2,1-4H3;1-5H;2*1H;/q-1;;-1;;;+2/p-2. The first kappa shape index (κ1) is 45.7. The molecule has 0 saturated heterocycles. The van der Waals surface area contributed by atoms with Crippen molar-refractivity contribution >= 4 is 3.21 Å². The van der Waals surface area contributed by atoms with Gasteiger partial charge < -0.3 is 24.8 Å². The topological polar surface area (TPSA) is 0 Å². The largest absolute Gasteiger partial charge is 1.00 e. The van der Waals surface area contributed by atoms with Gasteiger partial charge in [0.15, 0.2) is 0 Å². The summed E-state index contributed by atoms with van der Waals surface area (Å²) in [7, 11) is 0. The Bertz CT molecular complexity index is 1740. The van der Waals surface area contributed by atoms with Gasteiger partial charge in [-0.1, -0.05) is 124 Å². The molecule has 0 bridgehead atoms. The molecule has 6 rings (SSSR count). The summed E-state index contributed by atoms with van der Waals surface area (Å²) in [6, 6.07) is 38.9. The van der Waals surface area contributed by atoms with Gasteiger partial charge in [0.25, 0.3) is 0 Å². The van der Waals surface area contributed by atoms with Crippen molar-refractivity contribution in [2.24, 2.45) is 11.8 Å². The van der Waals surface area contributed by atoms with Gasteiger partial charge >= 0.3 is 79.8 Å². The van der Waals surface area contributed by atoms with E-state index >= 15 is 0 Å². The molecule has 1 aliphatic rings. The van der Waals surface area contributed by atoms with Gasteiger partial charge in [0.1, 0.15) is 0 Å². The van der Waals surface area contributed by atoms with Crippen molar-refractivity contribution in [1.82, 2.24) is 0 Å². The Balaban J connectivity index is 0.000000462. The normalized spacial score (nSPS) is 12.7. The Labute approximate surface area is 344 Å². The van der Waals surface area contributed by atoms with Crippen molar-refractivity contribution in [3.05, 3.63) is 137 Å². The number of halogens is 2. The third kappa shape index (κ3) is 11.1. The Morgan fingerprint density at radius 2 is 1.13 bits per heavy atom. The Morgan fingerprint density at radius 3 is 1.58 bits per heavy atom. The minimum absolute atomic E-state index is 0. The second-order valence-corrected chi connectivity index (χ2v) is 17.8. The van der Waals surface area contributed by atoms with E-state index in [9.17, 15) is 0 Å². The van der Waals surface area contributed by atoms with Crippen molar-refractivity contribution in [3.8, 4) is 33.4 Å². The summed E-state index contributed by atoms with van der Waals surface area (Å²) in [5.74, 6) is 1.71. The van der Waals surface area contributed by atoms with Crippen LogP contribution in [0.25, 0.3) is 33.4 Å². The number of aryl methyl sites for hydroxylation is 2. The zero-order chi connectivity index (χ0) is 36.8. The van der Waals surface area contributed by atoms with Gasteiger partial charge in [0, 0.05) is 0 Å². The van der Waals surface area contributed by atoms with Gasteiger partial charge in [0.05, 0.1) is 0 Å². The molecule has 1 aliphatic carbocycles. The first-order chi connectivity index (χ1) is 23.6. The SMILES string of the molecule is CCC(C)[C](=[Zr+2])C(C)CC.Cc1ccccc1-c1[c-]c2c(cc1C(C)(C)C)-c1cc(C(C)(C)C)c(-c3ccccc3C)cc1C2.[Cl-].[Cl-].c1cc[cH-]c1. The van der Waals surface area contributed by atoms with Crippen molar-refractivity contribution in [2.75, 3.05) is 0 Å². The van der Waals surface area contributed by atoms with Gasteiger partial charge in [-0.25, -0.2) is 12.1 Å². The van der Waals surface area contributed by atoms with E-state index in [-0.39, 0.29) is 35.6 Å². The molecule has 5 aromatic carbocycles. The minimum Gasteiger partial charge on any atom is -1.00 e. The van der Waals surface area contributed by atoms with Crippen LogP contribution >= 0.6 is 0 Å². The third-order valence-corrected chi connectivity index (χ3v) is 12.8. The van der Waals surface area contributed by atoms with Crippen LogP contribution in [0, 0.1) is 31.7 Å². The van der Waals surface area contributed by atoms with Crippen LogP contribution < -0.4 is 24.8 Å². The number of fused-ring (bicyclic) bond motifs is 3. The van der Waals surface area contributed by atoms with Crippen molar-refractivity contribution in [3.63, 3.8) is 0 Å². The molecule has 3 heteroatoms. The smallest absolute Gasteiger partial charge is 0.0126 e. The Morgan fingerprint density at radius 1 is 0.654 bits per heavy atom. The van der Waals surface area contributed by atoms with Crippen LogP contribution in [0.1, 0.15) is 115 Å². The summed E-state index contributed by atoms with van der Waals surface area (Å²) < 4.78 is 1.76. The monoisotopic (exact) mass is 808 g/mol. The summed E-state index contributed by atoms with van der Waals surface area (Å²) in [6.07, 6.45) is 3.56. The summed E-state index contributed by atoms with van der Waals surface area (Å²) in [6.45, 7) is 27.6. The quantitative estimate of drug-likeness (QED) is 0.151. The maximum Gasteiger partial charge on any atom is -0.0126 e. The predicted octanol–water partition coefficient (Wildman–Crippen LogP) is 7.82. The zero-order valence-electron chi connectivity index (χ0n) is 33.8. The molecule has 52 heavy (non-hydrogen) atoms. The molecule has 0 nitrogen and oxygen atoms in total. The molecular formula is C49H60Cl2Zr-2. The molecule has 0 aromatic heterocycles. The Kier molecular flexibility index (Phi) is 17.4. The molecule has 0 heterocycles. The maximum atomic E-state index is 3.93. The fourth-order valence-corrected chi connectivity index (χ4v) is 7.83. The molecule has 276 valence electrons. The zero-order valence-corrected chi connectivity index (χ0v) is 37.7. The number of hydrogen-bond acceptors (Lipinski definition) is 0. The predicted molar refractivity (Wildman–Crippen MR) is 217 cm³/mol. The van der Waals surface area contributed by atoms with Crippen LogP contribution in [-0.4, -0.2) is 3.21 Å². The van der Waals surface area contributed by atoms with Gasteiger partial charge in [-0.15, -0.1) is 28.8 Å². The number of hydrogen-bond donors (Lipinski definition) is 0. The molecule has 0 radical (unpaired) electrons. The second kappa shape index (κ2) is 19.8. The average molecular weight is 811 g/mol. The molecule has 5 aromatic rings. The fraction of sp³-hybridized carbons (Fsp3) is 0.388. The Hall–Kier alpha value is -2.44. The molecule has 2 atom stereocenters. The molecular weight excluding hydrogens is 751 g/mol. The van der Waals surface area contributed by atoms with Gasteiger partial charge in [-0.2, -0.15) is 18.2 Å². The minimum atomic E-state index is 0. The molecule has 2 unspecified atom stereocenters. The second-order valence-electron chi connectivity index (χ2n) is 16.3. The molecule has 0 saturated carbocycles. The van der Waals surface area contributed by atoms with Crippen LogP contribution in [0.4, 0.5) is 0 Å². The summed E-state index contributed by atoms with van der Waals surface area (Å²) >= 11 is 1.65. The van der Waals surface area contributed by atoms with E-state index in [0.717, 1.165) is 18.3 Å². The van der Waals surface area contributed by atoms with E-state index < -0.39 is 0 Å². The van der Waals surface area contributed by atoms with Crippen LogP contribution in [-0.2, 0) is 41.5 Å². The number of rotatable bonds is 6. The molecule has 0 fully saturated rings. The first-order valence-electron chi connectivity index (χ1n) is 18.7. The molecule has 0 N–H and O–H groups in total. The van der Waals surface area contributed by atoms with Crippen LogP contribution in [0.2, 0.25) is 0 Å². The van der Waals surface area contributed by atoms with Gasteiger partial charge in [0.2, 0.25) is 0 Å². The number of benzene rings is 4. The summed E-state index contributed by atoms with van der Waals surface area (Å²) in [4.78, 5) is 0. The van der Waals surface area contributed by atoms with E-state index in [1.165, 1.54) is 79.6 Å². The first-order valence-corrected chi connectivity index (χ1v) is 20.0. The summed E-state index contributed by atoms with van der Waals surface area (Å²) in [5.41, 5.74) is 16.3. The van der Waals surface area contributed by atoms with E-state index in [0.29, 0.717) is 0 Å². The van der Waals surface area contributed by atoms with Crippen molar-refractivity contribution in [1.29, 1.82) is 0 Å². The van der Waals surface area contributed by atoms with Crippen LogP contribution in [0.3, 0.4) is 0 Å². The molecule has 0 amide bonds. The van der Waals surface area contributed by atoms with Gasteiger partial charge in [-0.05, 0) is 58.9 Å². The molecule has 0 spiro atoms. The van der Waals surface area contributed by atoms with Crippen LogP contribution in [0.15, 0.2) is 97.1 Å². The van der Waals surface area contributed by atoms with E-state index in [2.05, 4.69) is 156 Å². The van der Waals surface area contributed by atoms with Crippen molar-refractivity contribution in [2.45, 2.75) is 113 Å². The van der Waals surface area contributed by atoms with Crippen LogP contribution in [0.5, 0.6) is 0 Å². The summed E-state index contributed by atoms with van der Waals surface area (Å²) in [5, 5.41) is 0. The van der Waals surface area contributed by atoms with Crippen molar-refractivity contribution < 1.29 is 49.0 Å². The van der Waals surface area contributed by atoms with E-state index in [1.54, 1.807) is 27.4 Å². The average Bonchev–Trinajstić information content (AvgIpc) is 3.78.